The molecule has 0 unspecified atom stereocenters. The molecule has 5 atom stereocenters. The molecule has 2 aliphatic rings. The van der Waals surface area contributed by atoms with E-state index in [-0.39, 0.29) is 38.1 Å². The molecular formula is C17H24ClN2O9P. The topological polar surface area (TPSA) is 135 Å². The van der Waals surface area contributed by atoms with Gasteiger partial charge in [0.25, 0.3) is 5.56 Å². The van der Waals surface area contributed by atoms with E-state index in [2.05, 4.69) is 4.98 Å². The van der Waals surface area contributed by atoms with Crippen LogP contribution in [0.25, 0.3) is 0 Å². The van der Waals surface area contributed by atoms with Crippen molar-refractivity contribution in [2.75, 3.05) is 13.2 Å². The smallest absolute Gasteiger partial charge is 0.463 e. The first-order valence-electron chi connectivity index (χ1n) is 9.45. The molecule has 0 saturated carbocycles. The van der Waals surface area contributed by atoms with Crippen LogP contribution in [0, 0.1) is 0 Å². The van der Waals surface area contributed by atoms with E-state index in [4.69, 9.17) is 34.6 Å². The first-order valence-corrected chi connectivity index (χ1v) is 11.3. The summed E-state index contributed by atoms with van der Waals surface area (Å²) in [5, 5.41) is 0. The third-order valence-electron chi connectivity index (χ3n) is 4.57. The lowest BCUT2D eigenvalue weighted by Gasteiger charge is -2.34. The molecule has 0 aromatic carbocycles. The largest absolute Gasteiger partial charge is 0.475 e. The predicted molar refractivity (Wildman–Crippen MR) is 104 cm³/mol. The number of carbonyl (C=O) groups is 1. The van der Waals surface area contributed by atoms with E-state index in [1.807, 2.05) is 0 Å². The summed E-state index contributed by atoms with van der Waals surface area (Å²) in [6.45, 7) is 4.87. The summed E-state index contributed by atoms with van der Waals surface area (Å²) in [6, 6.07) is 1.16. The zero-order valence-electron chi connectivity index (χ0n) is 16.7. The number of hydrogen-bond donors (Lipinski definition) is 1. The Morgan fingerprint density at radius 1 is 1.47 bits per heavy atom. The highest BCUT2D eigenvalue weighted by atomic mass is 35.5. The molecule has 2 fully saturated rings. The first kappa shape index (κ1) is 23.2. The van der Waals surface area contributed by atoms with Gasteiger partial charge in [-0.2, -0.15) is 0 Å². The molecule has 0 spiro atoms. The summed E-state index contributed by atoms with van der Waals surface area (Å²) in [5.74, 6) is -0.385. The van der Waals surface area contributed by atoms with E-state index in [9.17, 15) is 18.9 Å². The molecule has 0 radical (unpaired) electrons. The molecule has 3 rings (SSSR count). The fraction of sp³-hybridized carbons (Fsp3) is 0.706. The van der Waals surface area contributed by atoms with Crippen LogP contribution in [0.5, 0.6) is 0 Å². The molecule has 168 valence electrons. The number of ether oxygens (including phenoxy) is 2. The van der Waals surface area contributed by atoms with Crippen molar-refractivity contribution >= 4 is 25.4 Å². The monoisotopic (exact) mass is 466 g/mol. The number of alkyl halides is 1. The number of nitrogens with zero attached hydrogens (tertiary/aromatic N) is 1. The van der Waals surface area contributed by atoms with Crippen LogP contribution in [0.15, 0.2) is 21.9 Å². The highest BCUT2D eigenvalue weighted by Gasteiger charge is 2.60. The SMILES string of the molecule is CC(C)OC(=O)CCCO[P@@]1(=O)OC[C@H]2O[C@@H](n3ccc(=O)[nH]c3=O)[C@](C)(Cl)[C@@H]2O1. The zero-order valence-corrected chi connectivity index (χ0v) is 18.4. The van der Waals surface area contributed by atoms with Crippen LogP contribution < -0.4 is 11.2 Å². The molecule has 30 heavy (non-hydrogen) atoms. The number of phosphoric ester groups is 1. The van der Waals surface area contributed by atoms with Crippen molar-refractivity contribution in [1.82, 2.24) is 9.55 Å². The van der Waals surface area contributed by atoms with E-state index < -0.39 is 42.4 Å². The van der Waals surface area contributed by atoms with Gasteiger partial charge in [0.05, 0.1) is 19.3 Å². The fourth-order valence-electron chi connectivity index (χ4n) is 3.24. The Labute approximate surface area is 177 Å². The standard InChI is InChI=1S/C17H24ClN2O9P/c1-10(2)27-13(22)5-4-8-25-30(24)26-9-11-14(29-30)17(3,18)15(28-11)20-7-6-12(21)19-16(20)23/h6-7,10-11,14-15H,4-5,8-9H2,1-3H3,(H,19,21,23)/t11-,14-,15-,17-,30+/m1/s1. The minimum atomic E-state index is -3.95. The summed E-state index contributed by atoms with van der Waals surface area (Å²) >= 11 is 6.64. The molecule has 2 saturated heterocycles. The maximum absolute atomic E-state index is 12.8. The van der Waals surface area contributed by atoms with Crippen molar-refractivity contribution < 1.29 is 32.4 Å². The molecular weight excluding hydrogens is 443 g/mol. The fourth-order valence-corrected chi connectivity index (χ4v) is 5.15. The van der Waals surface area contributed by atoms with Crippen molar-refractivity contribution in [3.05, 3.63) is 33.1 Å². The third-order valence-corrected chi connectivity index (χ3v) is 6.42. The first-order chi connectivity index (χ1) is 14.0. The van der Waals surface area contributed by atoms with Gasteiger partial charge in [-0.1, -0.05) is 0 Å². The number of phosphoric acid groups is 1. The quantitative estimate of drug-likeness (QED) is 0.275. The number of nitrogens with one attached hydrogen (secondary N) is 1. The van der Waals surface area contributed by atoms with Gasteiger partial charge in [-0.15, -0.1) is 11.6 Å². The second kappa shape index (κ2) is 8.94. The summed E-state index contributed by atoms with van der Waals surface area (Å²) in [5.41, 5.74) is -1.26. The Morgan fingerprint density at radius 3 is 2.87 bits per heavy atom. The van der Waals surface area contributed by atoms with Gasteiger partial charge in [-0.3, -0.25) is 32.7 Å². The van der Waals surface area contributed by atoms with Crippen molar-refractivity contribution in [2.45, 2.75) is 63.0 Å². The number of H-pyrrole nitrogens is 1. The van der Waals surface area contributed by atoms with Crippen LogP contribution in [-0.2, 0) is 32.4 Å². The average molecular weight is 467 g/mol. The minimum absolute atomic E-state index is 0.0511. The maximum atomic E-state index is 12.8. The average Bonchev–Trinajstić information content (AvgIpc) is 2.89. The van der Waals surface area contributed by atoms with Gasteiger partial charge in [0.2, 0.25) is 0 Å². The number of fused-ring (bicyclic) bond motifs is 1. The lowest BCUT2D eigenvalue weighted by Crippen LogP contribution is -2.45. The van der Waals surface area contributed by atoms with E-state index in [1.165, 1.54) is 6.20 Å². The van der Waals surface area contributed by atoms with Crippen LogP contribution in [0.4, 0.5) is 0 Å². The molecule has 13 heteroatoms. The number of hydrogen-bond acceptors (Lipinski definition) is 9. The van der Waals surface area contributed by atoms with E-state index in [1.54, 1.807) is 20.8 Å². The Hall–Kier alpha value is -1.49. The van der Waals surface area contributed by atoms with Gasteiger partial charge in [-0.05, 0) is 27.2 Å². The molecule has 0 bridgehead atoms. The molecule has 0 amide bonds. The van der Waals surface area contributed by atoms with Crippen LogP contribution in [0.3, 0.4) is 0 Å². The van der Waals surface area contributed by atoms with Crippen LogP contribution >= 0.6 is 19.4 Å². The highest BCUT2D eigenvalue weighted by Crippen LogP contribution is 2.59. The summed E-state index contributed by atoms with van der Waals surface area (Å²) in [4.78, 5) is 35.8. The van der Waals surface area contributed by atoms with Gasteiger partial charge in [0.15, 0.2) is 6.23 Å². The number of halogens is 1. The molecule has 3 heterocycles. The van der Waals surface area contributed by atoms with E-state index >= 15 is 0 Å². The number of aromatic nitrogens is 2. The number of carbonyl (C=O) groups excluding carboxylic acids is 1. The van der Waals surface area contributed by atoms with E-state index in [0.29, 0.717) is 0 Å². The minimum Gasteiger partial charge on any atom is -0.463 e. The zero-order chi connectivity index (χ0) is 22.1. The Morgan fingerprint density at radius 2 is 2.20 bits per heavy atom. The molecule has 2 aliphatic heterocycles. The van der Waals surface area contributed by atoms with Crippen molar-refractivity contribution in [3.8, 4) is 0 Å². The molecule has 11 nitrogen and oxygen atoms in total. The van der Waals surface area contributed by atoms with Crippen LogP contribution in [0.1, 0.15) is 39.8 Å². The lowest BCUT2D eigenvalue weighted by molar-refractivity contribution is -0.147. The maximum Gasteiger partial charge on any atom is 0.475 e. The van der Waals surface area contributed by atoms with Crippen molar-refractivity contribution in [1.29, 1.82) is 0 Å². The van der Waals surface area contributed by atoms with E-state index in [0.717, 1.165) is 10.6 Å². The second-order valence-electron chi connectivity index (χ2n) is 7.44. The third kappa shape index (κ3) is 5.04. The number of rotatable bonds is 7. The predicted octanol–water partition coefficient (Wildman–Crippen LogP) is 1.70. The highest BCUT2D eigenvalue weighted by molar-refractivity contribution is 7.48. The van der Waals surface area contributed by atoms with Crippen molar-refractivity contribution in [2.24, 2.45) is 0 Å². The Balaban J connectivity index is 1.63. The normalized spacial score (nSPS) is 33.4. The summed E-state index contributed by atoms with van der Waals surface area (Å²) in [6.07, 6.45) is -1.21. The van der Waals surface area contributed by atoms with Gasteiger partial charge in [-0.25, -0.2) is 9.36 Å². The second-order valence-corrected chi connectivity index (χ2v) is 9.88. The molecule has 0 aliphatic carbocycles. The van der Waals surface area contributed by atoms with Gasteiger partial charge in [0.1, 0.15) is 17.1 Å². The van der Waals surface area contributed by atoms with Crippen molar-refractivity contribution in [3.63, 3.8) is 0 Å². The number of esters is 1. The Bertz CT molecular complexity index is 944. The lowest BCUT2D eigenvalue weighted by atomic mass is 10.0. The molecule has 1 N–H and O–H groups in total. The van der Waals surface area contributed by atoms with Crippen LogP contribution in [0.2, 0.25) is 0 Å². The van der Waals surface area contributed by atoms with Gasteiger partial charge < -0.3 is 9.47 Å². The van der Waals surface area contributed by atoms with Gasteiger partial charge >= 0.3 is 19.5 Å². The van der Waals surface area contributed by atoms with Crippen LogP contribution in [-0.4, -0.2) is 51.9 Å². The summed E-state index contributed by atoms with van der Waals surface area (Å²) < 4.78 is 40.8. The van der Waals surface area contributed by atoms with Gasteiger partial charge in [0, 0.05) is 18.7 Å². The summed E-state index contributed by atoms with van der Waals surface area (Å²) in [7, 11) is -3.95. The number of aromatic amines is 1. The molecule has 1 aromatic heterocycles. The Kier molecular flexibility index (Phi) is 6.91. The molecule has 1 aromatic rings.